The van der Waals surface area contributed by atoms with Crippen molar-refractivity contribution in [3.63, 3.8) is 0 Å². The fourth-order valence-electron chi connectivity index (χ4n) is 1.95. The molecule has 0 saturated heterocycles. The van der Waals surface area contributed by atoms with Crippen molar-refractivity contribution in [2.24, 2.45) is 0 Å². The highest BCUT2D eigenvalue weighted by Crippen LogP contribution is 2.27. The van der Waals surface area contributed by atoms with Crippen LogP contribution in [-0.2, 0) is 6.42 Å². The van der Waals surface area contributed by atoms with Gasteiger partial charge in [0.25, 0.3) is 0 Å². The monoisotopic (exact) mass is 283 g/mol. The number of nitrogens with zero attached hydrogens (tertiary/aromatic N) is 2. The SMILES string of the molecule is COc1ccc(CCNc2ccc(C#N)nc2)cc1OC. The van der Waals surface area contributed by atoms with Crippen LogP contribution in [0.15, 0.2) is 36.5 Å². The first-order valence-electron chi connectivity index (χ1n) is 6.57. The Hall–Kier alpha value is -2.74. The molecule has 108 valence electrons. The molecular formula is C16H17N3O2. The summed E-state index contributed by atoms with van der Waals surface area (Å²) in [6.07, 6.45) is 2.51. The zero-order valence-corrected chi connectivity index (χ0v) is 12.1. The van der Waals surface area contributed by atoms with Gasteiger partial charge in [-0.05, 0) is 36.2 Å². The number of nitriles is 1. The third-order valence-corrected chi connectivity index (χ3v) is 3.07. The summed E-state index contributed by atoms with van der Waals surface area (Å²) in [7, 11) is 3.25. The fraction of sp³-hybridized carbons (Fsp3) is 0.250. The first-order chi connectivity index (χ1) is 10.3. The summed E-state index contributed by atoms with van der Waals surface area (Å²) in [5, 5.41) is 12.0. The summed E-state index contributed by atoms with van der Waals surface area (Å²) >= 11 is 0. The molecule has 1 heterocycles. The molecule has 1 N–H and O–H groups in total. The standard InChI is InChI=1S/C16H17N3O2/c1-20-15-6-3-12(9-16(15)21-2)7-8-18-14-5-4-13(10-17)19-11-14/h3-6,9,11,18H,7-8H2,1-2H3. The lowest BCUT2D eigenvalue weighted by molar-refractivity contribution is 0.354. The van der Waals surface area contributed by atoms with Crippen molar-refractivity contribution in [3.05, 3.63) is 47.8 Å². The molecule has 1 aromatic heterocycles. The Morgan fingerprint density at radius 1 is 1.14 bits per heavy atom. The van der Waals surface area contributed by atoms with E-state index in [-0.39, 0.29) is 0 Å². The smallest absolute Gasteiger partial charge is 0.160 e. The lowest BCUT2D eigenvalue weighted by Gasteiger charge is -2.10. The normalized spacial score (nSPS) is 9.76. The Bertz CT molecular complexity index is 633. The van der Waals surface area contributed by atoms with Gasteiger partial charge in [0.1, 0.15) is 11.8 Å². The van der Waals surface area contributed by atoms with Gasteiger partial charge in [-0.2, -0.15) is 5.26 Å². The molecule has 0 spiro atoms. The second-order valence-corrected chi connectivity index (χ2v) is 4.41. The molecule has 0 radical (unpaired) electrons. The number of hydrogen-bond acceptors (Lipinski definition) is 5. The number of pyridine rings is 1. The van der Waals surface area contributed by atoms with Gasteiger partial charge in [0.15, 0.2) is 11.5 Å². The minimum atomic E-state index is 0.417. The summed E-state index contributed by atoms with van der Waals surface area (Å²) in [6, 6.07) is 11.4. The zero-order chi connectivity index (χ0) is 15.1. The van der Waals surface area contributed by atoms with Gasteiger partial charge >= 0.3 is 0 Å². The van der Waals surface area contributed by atoms with Gasteiger partial charge in [-0.25, -0.2) is 4.98 Å². The molecule has 2 rings (SSSR count). The number of anilines is 1. The van der Waals surface area contributed by atoms with Gasteiger partial charge < -0.3 is 14.8 Å². The fourth-order valence-corrected chi connectivity index (χ4v) is 1.95. The Labute approximate surface area is 124 Å². The van der Waals surface area contributed by atoms with Crippen LogP contribution in [0.1, 0.15) is 11.3 Å². The Kier molecular flexibility index (Phi) is 4.99. The Morgan fingerprint density at radius 2 is 1.95 bits per heavy atom. The van der Waals surface area contributed by atoms with Crippen molar-refractivity contribution in [2.75, 3.05) is 26.1 Å². The molecule has 0 aliphatic rings. The first-order valence-corrected chi connectivity index (χ1v) is 6.57. The van der Waals surface area contributed by atoms with Crippen LogP contribution in [-0.4, -0.2) is 25.7 Å². The van der Waals surface area contributed by atoms with Gasteiger partial charge in [0.2, 0.25) is 0 Å². The third kappa shape index (κ3) is 3.86. The molecule has 0 aliphatic heterocycles. The van der Waals surface area contributed by atoms with E-state index in [1.165, 1.54) is 0 Å². The number of rotatable bonds is 6. The number of benzene rings is 1. The molecule has 1 aromatic carbocycles. The highest BCUT2D eigenvalue weighted by atomic mass is 16.5. The van der Waals surface area contributed by atoms with E-state index in [0.717, 1.165) is 35.7 Å². The molecular weight excluding hydrogens is 266 g/mol. The van der Waals surface area contributed by atoms with E-state index in [9.17, 15) is 0 Å². The van der Waals surface area contributed by atoms with Crippen LogP contribution in [0.3, 0.4) is 0 Å². The Balaban J connectivity index is 1.92. The van der Waals surface area contributed by atoms with E-state index in [1.807, 2.05) is 30.3 Å². The topological polar surface area (TPSA) is 67.2 Å². The second-order valence-electron chi connectivity index (χ2n) is 4.41. The van der Waals surface area contributed by atoms with E-state index in [1.54, 1.807) is 26.5 Å². The van der Waals surface area contributed by atoms with Crippen LogP contribution < -0.4 is 14.8 Å². The lowest BCUT2D eigenvalue weighted by atomic mass is 10.1. The van der Waals surface area contributed by atoms with Crippen molar-refractivity contribution < 1.29 is 9.47 Å². The van der Waals surface area contributed by atoms with Crippen molar-refractivity contribution in [3.8, 4) is 17.6 Å². The molecule has 5 heteroatoms. The van der Waals surface area contributed by atoms with Crippen molar-refractivity contribution in [2.45, 2.75) is 6.42 Å². The average molecular weight is 283 g/mol. The maximum Gasteiger partial charge on any atom is 0.160 e. The summed E-state index contributed by atoms with van der Waals surface area (Å²) < 4.78 is 10.5. The van der Waals surface area contributed by atoms with Crippen molar-refractivity contribution >= 4 is 5.69 Å². The van der Waals surface area contributed by atoms with Crippen LogP contribution in [0.2, 0.25) is 0 Å². The van der Waals surface area contributed by atoms with Crippen LogP contribution in [0.25, 0.3) is 0 Å². The largest absolute Gasteiger partial charge is 0.493 e. The molecule has 0 saturated carbocycles. The highest BCUT2D eigenvalue weighted by molar-refractivity contribution is 5.44. The summed E-state index contributed by atoms with van der Waals surface area (Å²) in [5.41, 5.74) is 2.47. The molecule has 21 heavy (non-hydrogen) atoms. The second kappa shape index (κ2) is 7.15. The predicted octanol–water partition coefficient (Wildman–Crippen LogP) is 2.63. The van der Waals surface area contributed by atoms with Crippen LogP contribution in [0.5, 0.6) is 11.5 Å². The van der Waals surface area contributed by atoms with Gasteiger partial charge in [-0.15, -0.1) is 0 Å². The molecule has 0 bridgehead atoms. The number of methoxy groups -OCH3 is 2. The maximum absolute atomic E-state index is 8.69. The van der Waals surface area contributed by atoms with Crippen molar-refractivity contribution in [1.29, 1.82) is 5.26 Å². The van der Waals surface area contributed by atoms with Gasteiger partial charge in [0.05, 0.1) is 26.1 Å². The number of aromatic nitrogens is 1. The van der Waals surface area contributed by atoms with Crippen LogP contribution in [0.4, 0.5) is 5.69 Å². The number of hydrogen-bond donors (Lipinski definition) is 1. The first kappa shape index (κ1) is 14.7. The average Bonchev–Trinajstić information content (AvgIpc) is 2.55. The van der Waals surface area contributed by atoms with E-state index in [0.29, 0.717) is 5.69 Å². The summed E-state index contributed by atoms with van der Waals surface area (Å²) in [6.45, 7) is 0.767. The van der Waals surface area contributed by atoms with E-state index in [4.69, 9.17) is 14.7 Å². The number of nitrogens with one attached hydrogen (secondary N) is 1. The molecule has 0 amide bonds. The zero-order valence-electron chi connectivity index (χ0n) is 12.1. The molecule has 5 nitrogen and oxygen atoms in total. The molecule has 0 atom stereocenters. The molecule has 0 fully saturated rings. The lowest BCUT2D eigenvalue weighted by Crippen LogP contribution is -2.05. The van der Waals surface area contributed by atoms with E-state index >= 15 is 0 Å². The minimum Gasteiger partial charge on any atom is -0.493 e. The van der Waals surface area contributed by atoms with Crippen molar-refractivity contribution in [1.82, 2.24) is 4.98 Å². The quantitative estimate of drug-likeness (QED) is 0.882. The molecule has 0 aliphatic carbocycles. The molecule has 0 unspecified atom stereocenters. The minimum absolute atomic E-state index is 0.417. The van der Waals surface area contributed by atoms with Crippen LogP contribution in [0, 0.1) is 11.3 Å². The summed E-state index contributed by atoms with van der Waals surface area (Å²) in [5.74, 6) is 1.46. The Morgan fingerprint density at radius 3 is 2.57 bits per heavy atom. The highest BCUT2D eigenvalue weighted by Gasteiger charge is 2.04. The summed E-state index contributed by atoms with van der Waals surface area (Å²) in [4.78, 5) is 4.01. The predicted molar refractivity (Wildman–Crippen MR) is 80.7 cm³/mol. The number of ether oxygens (including phenoxy) is 2. The van der Waals surface area contributed by atoms with Gasteiger partial charge in [-0.1, -0.05) is 6.07 Å². The van der Waals surface area contributed by atoms with Gasteiger partial charge in [0, 0.05) is 6.54 Å². The molecule has 2 aromatic rings. The van der Waals surface area contributed by atoms with E-state index < -0.39 is 0 Å². The third-order valence-electron chi connectivity index (χ3n) is 3.07. The maximum atomic E-state index is 8.69. The van der Waals surface area contributed by atoms with Crippen LogP contribution >= 0.6 is 0 Å². The van der Waals surface area contributed by atoms with Gasteiger partial charge in [-0.3, -0.25) is 0 Å². The van der Waals surface area contributed by atoms with E-state index in [2.05, 4.69) is 10.3 Å².